The molecule has 0 saturated carbocycles. The number of hydrogen-bond donors (Lipinski definition) is 1. The standard InChI is InChI=1S/C13H18N2O2/c1-9(2)15(3)13(16)10-5-4-6-11-12(10)17-8-7-14-11/h4-6,9,14H,7-8H2,1-3H3. The molecular formula is C13H18N2O2. The van der Waals surface area contributed by atoms with Crippen molar-refractivity contribution in [2.75, 3.05) is 25.5 Å². The van der Waals surface area contributed by atoms with Crippen LogP contribution < -0.4 is 10.1 Å². The first-order valence-corrected chi connectivity index (χ1v) is 5.88. The van der Waals surface area contributed by atoms with Gasteiger partial charge in [0.2, 0.25) is 0 Å². The summed E-state index contributed by atoms with van der Waals surface area (Å²) in [6, 6.07) is 5.80. The molecule has 4 nitrogen and oxygen atoms in total. The van der Waals surface area contributed by atoms with Gasteiger partial charge in [0.15, 0.2) is 5.75 Å². The van der Waals surface area contributed by atoms with Crippen molar-refractivity contribution in [3.05, 3.63) is 23.8 Å². The number of nitrogens with zero attached hydrogens (tertiary/aromatic N) is 1. The number of anilines is 1. The van der Waals surface area contributed by atoms with Crippen molar-refractivity contribution in [1.82, 2.24) is 4.90 Å². The summed E-state index contributed by atoms with van der Waals surface area (Å²) in [5, 5.41) is 3.23. The fourth-order valence-corrected chi connectivity index (χ4v) is 1.76. The van der Waals surface area contributed by atoms with Gasteiger partial charge in [-0.05, 0) is 26.0 Å². The third-order valence-corrected chi connectivity index (χ3v) is 3.00. The van der Waals surface area contributed by atoms with Crippen LogP contribution in [0.5, 0.6) is 5.75 Å². The number of para-hydroxylation sites is 1. The maximum atomic E-state index is 12.3. The highest BCUT2D eigenvalue weighted by molar-refractivity contribution is 5.99. The van der Waals surface area contributed by atoms with Crippen molar-refractivity contribution in [2.45, 2.75) is 19.9 Å². The highest BCUT2D eigenvalue weighted by Gasteiger charge is 2.22. The molecule has 17 heavy (non-hydrogen) atoms. The zero-order valence-corrected chi connectivity index (χ0v) is 10.5. The minimum absolute atomic E-state index is 0.000509. The van der Waals surface area contributed by atoms with Gasteiger partial charge >= 0.3 is 0 Å². The number of fused-ring (bicyclic) bond motifs is 1. The van der Waals surface area contributed by atoms with E-state index in [9.17, 15) is 4.79 Å². The number of nitrogens with one attached hydrogen (secondary N) is 1. The zero-order chi connectivity index (χ0) is 12.4. The number of carbonyl (C=O) groups is 1. The summed E-state index contributed by atoms with van der Waals surface area (Å²) in [6.45, 7) is 5.37. The maximum Gasteiger partial charge on any atom is 0.257 e. The third kappa shape index (κ3) is 2.20. The Labute approximate surface area is 102 Å². The van der Waals surface area contributed by atoms with Gasteiger partial charge < -0.3 is 15.0 Å². The van der Waals surface area contributed by atoms with Crippen molar-refractivity contribution < 1.29 is 9.53 Å². The van der Waals surface area contributed by atoms with Crippen LogP contribution >= 0.6 is 0 Å². The SMILES string of the molecule is CC(C)N(C)C(=O)c1cccc2c1OCCN2. The Morgan fingerprint density at radius 2 is 2.24 bits per heavy atom. The Kier molecular flexibility index (Phi) is 3.22. The van der Waals surface area contributed by atoms with E-state index >= 15 is 0 Å². The van der Waals surface area contributed by atoms with Crippen LogP contribution in [0.1, 0.15) is 24.2 Å². The van der Waals surface area contributed by atoms with Crippen molar-refractivity contribution in [3.8, 4) is 5.75 Å². The molecule has 0 aliphatic carbocycles. The van der Waals surface area contributed by atoms with Crippen LogP contribution in [0, 0.1) is 0 Å². The molecule has 1 aliphatic heterocycles. The van der Waals surface area contributed by atoms with Gasteiger partial charge in [0.25, 0.3) is 5.91 Å². The monoisotopic (exact) mass is 234 g/mol. The molecule has 0 saturated heterocycles. The minimum atomic E-state index is 0.000509. The second kappa shape index (κ2) is 4.65. The van der Waals surface area contributed by atoms with Crippen molar-refractivity contribution in [1.29, 1.82) is 0 Å². The molecule has 1 N–H and O–H groups in total. The van der Waals surface area contributed by atoms with Crippen molar-refractivity contribution >= 4 is 11.6 Å². The summed E-state index contributed by atoms with van der Waals surface area (Å²) in [5.41, 5.74) is 1.53. The average molecular weight is 234 g/mol. The lowest BCUT2D eigenvalue weighted by Crippen LogP contribution is -2.33. The second-order valence-corrected chi connectivity index (χ2v) is 4.47. The number of hydrogen-bond acceptors (Lipinski definition) is 3. The average Bonchev–Trinajstić information content (AvgIpc) is 2.36. The number of carbonyl (C=O) groups excluding carboxylic acids is 1. The van der Waals surface area contributed by atoms with Gasteiger partial charge in [0.1, 0.15) is 6.61 Å². The molecule has 0 aromatic heterocycles. The van der Waals surface area contributed by atoms with E-state index in [1.54, 1.807) is 4.90 Å². The summed E-state index contributed by atoms with van der Waals surface area (Å²) in [6.07, 6.45) is 0. The van der Waals surface area contributed by atoms with Crippen LogP contribution in [-0.4, -0.2) is 37.0 Å². The second-order valence-electron chi connectivity index (χ2n) is 4.47. The smallest absolute Gasteiger partial charge is 0.257 e. The van der Waals surface area contributed by atoms with E-state index in [0.717, 1.165) is 12.2 Å². The lowest BCUT2D eigenvalue weighted by Gasteiger charge is -2.25. The zero-order valence-electron chi connectivity index (χ0n) is 10.5. The molecule has 1 aliphatic rings. The molecule has 2 rings (SSSR count). The molecule has 1 heterocycles. The predicted molar refractivity (Wildman–Crippen MR) is 67.7 cm³/mol. The van der Waals surface area contributed by atoms with Gasteiger partial charge in [0, 0.05) is 19.6 Å². The van der Waals surface area contributed by atoms with Crippen molar-refractivity contribution in [2.24, 2.45) is 0 Å². The summed E-state index contributed by atoms with van der Waals surface area (Å²) in [7, 11) is 1.81. The lowest BCUT2D eigenvalue weighted by molar-refractivity contribution is 0.0750. The lowest BCUT2D eigenvalue weighted by atomic mass is 10.1. The molecule has 0 spiro atoms. The number of benzene rings is 1. The Balaban J connectivity index is 2.35. The van der Waals surface area contributed by atoms with E-state index in [2.05, 4.69) is 5.32 Å². The van der Waals surface area contributed by atoms with Crippen LogP contribution in [0.3, 0.4) is 0 Å². The van der Waals surface area contributed by atoms with E-state index in [0.29, 0.717) is 17.9 Å². The van der Waals surface area contributed by atoms with E-state index < -0.39 is 0 Å². The Morgan fingerprint density at radius 1 is 1.47 bits per heavy atom. The molecule has 0 atom stereocenters. The molecule has 1 aromatic rings. The summed E-state index contributed by atoms with van der Waals surface area (Å²) in [5.74, 6) is 0.678. The van der Waals surface area contributed by atoms with Crippen LogP contribution in [0.4, 0.5) is 5.69 Å². The molecular weight excluding hydrogens is 216 g/mol. The topological polar surface area (TPSA) is 41.6 Å². The highest BCUT2D eigenvalue weighted by atomic mass is 16.5. The summed E-state index contributed by atoms with van der Waals surface area (Å²) < 4.78 is 5.60. The molecule has 1 amide bonds. The maximum absolute atomic E-state index is 12.3. The highest BCUT2D eigenvalue weighted by Crippen LogP contribution is 2.31. The van der Waals surface area contributed by atoms with Gasteiger partial charge in [-0.25, -0.2) is 0 Å². The van der Waals surface area contributed by atoms with Crippen molar-refractivity contribution in [3.63, 3.8) is 0 Å². The van der Waals surface area contributed by atoms with Crippen LogP contribution in [0.25, 0.3) is 0 Å². The molecule has 0 radical (unpaired) electrons. The Hall–Kier alpha value is -1.71. The molecule has 4 heteroatoms. The number of ether oxygens (including phenoxy) is 1. The van der Waals surface area contributed by atoms with Gasteiger partial charge in [0.05, 0.1) is 11.3 Å². The molecule has 1 aromatic carbocycles. The Bertz CT molecular complexity index is 429. The van der Waals surface area contributed by atoms with E-state index in [4.69, 9.17) is 4.74 Å². The van der Waals surface area contributed by atoms with Gasteiger partial charge in [-0.2, -0.15) is 0 Å². The summed E-state index contributed by atoms with van der Waals surface area (Å²) in [4.78, 5) is 14.0. The Morgan fingerprint density at radius 3 is 2.94 bits per heavy atom. The minimum Gasteiger partial charge on any atom is -0.489 e. The quantitative estimate of drug-likeness (QED) is 0.850. The third-order valence-electron chi connectivity index (χ3n) is 3.00. The number of amides is 1. The number of rotatable bonds is 2. The van der Waals surface area contributed by atoms with Crippen LogP contribution in [-0.2, 0) is 0 Å². The fourth-order valence-electron chi connectivity index (χ4n) is 1.76. The first-order valence-electron chi connectivity index (χ1n) is 5.88. The van der Waals surface area contributed by atoms with Gasteiger partial charge in [-0.3, -0.25) is 4.79 Å². The largest absolute Gasteiger partial charge is 0.489 e. The first-order chi connectivity index (χ1) is 8.11. The predicted octanol–water partition coefficient (Wildman–Crippen LogP) is 1.97. The fraction of sp³-hybridized carbons (Fsp3) is 0.462. The molecule has 0 unspecified atom stereocenters. The van der Waals surface area contributed by atoms with Gasteiger partial charge in [-0.1, -0.05) is 6.07 Å². The normalized spacial score (nSPS) is 13.6. The molecule has 0 fully saturated rings. The van der Waals surface area contributed by atoms with E-state index in [1.165, 1.54) is 0 Å². The first kappa shape index (κ1) is 11.8. The van der Waals surface area contributed by atoms with Gasteiger partial charge in [-0.15, -0.1) is 0 Å². The van der Waals surface area contributed by atoms with E-state index in [-0.39, 0.29) is 11.9 Å². The van der Waals surface area contributed by atoms with E-state index in [1.807, 2.05) is 39.1 Å². The van der Waals surface area contributed by atoms with Crippen LogP contribution in [0.2, 0.25) is 0 Å². The van der Waals surface area contributed by atoms with Crippen LogP contribution in [0.15, 0.2) is 18.2 Å². The molecule has 92 valence electrons. The summed E-state index contributed by atoms with van der Waals surface area (Å²) >= 11 is 0. The molecule has 0 bridgehead atoms.